The minimum Gasteiger partial charge on any atom is -0.452 e. The Morgan fingerprint density at radius 2 is 1.97 bits per heavy atom. The lowest BCUT2D eigenvalue weighted by Crippen LogP contribution is -2.37. The van der Waals surface area contributed by atoms with Gasteiger partial charge >= 0.3 is 12.0 Å². The number of aryl methyl sites for hydroxylation is 1. The van der Waals surface area contributed by atoms with E-state index in [0.29, 0.717) is 6.54 Å². The third-order valence-electron chi connectivity index (χ3n) is 4.30. The Bertz CT molecular complexity index is 1120. The number of rotatable bonds is 6. The van der Waals surface area contributed by atoms with E-state index in [4.69, 9.17) is 4.74 Å². The second kappa shape index (κ2) is 8.49. The molecule has 1 fully saturated rings. The zero-order valence-corrected chi connectivity index (χ0v) is 16.7. The highest BCUT2D eigenvalue weighted by molar-refractivity contribution is 7.92. The molecule has 0 radical (unpaired) electrons. The van der Waals surface area contributed by atoms with Crippen molar-refractivity contribution in [2.24, 2.45) is 0 Å². The number of amides is 3. The van der Waals surface area contributed by atoms with Crippen LogP contribution >= 0.6 is 0 Å². The molecule has 2 aromatic carbocycles. The molecule has 1 aliphatic rings. The van der Waals surface area contributed by atoms with Gasteiger partial charge in [0, 0.05) is 13.1 Å². The normalized spacial score (nSPS) is 13.7. The van der Waals surface area contributed by atoms with E-state index in [1.54, 1.807) is 0 Å². The number of nitrogens with zero attached hydrogens (tertiary/aromatic N) is 1. The average Bonchev–Trinajstić information content (AvgIpc) is 3.11. The maximum absolute atomic E-state index is 13.3. The number of halogens is 1. The van der Waals surface area contributed by atoms with E-state index in [2.05, 4.69) is 10.0 Å². The third kappa shape index (κ3) is 4.57. The lowest BCUT2D eigenvalue weighted by atomic mass is 10.2. The van der Waals surface area contributed by atoms with Crippen molar-refractivity contribution < 1.29 is 31.9 Å². The smallest absolute Gasteiger partial charge is 0.340 e. The number of carbonyl (C=O) groups is 3. The van der Waals surface area contributed by atoms with Crippen molar-refractivity contribution in [3.8, 4) is 0 Å². The number of nitrogens with one attached hydrogen (secondary N) is 2. The molecule has 30 heavy (non-hydrogen) atoms. The van der Waals surface area contributed by atoms with Crippen molar-refractivity contribution in [2.75, 3.05) is 24.4 Å². The Balaban J connectivity index is 1.76. The van der Waals surface area contributed by atoms with Gasteiger partial charge in [-0.1, -0.05) is 12.1 Å². The molecule has 1 aliphatic heterocycles. The molecule has 0 saturated carbocycles. The van der Waals surface area contributed by atoms with Crippen LogP contribution < -0.4 is 10.0 Å². The maximum Gasteiger partial charge on any atom is 0.340 e. The van der Waals surface area contributed by atoms with E-state index in [0.717, 1.165) is 23.1 Å². The molecule has 0 bridgehead atoms. The summed E-state index contributed by atoms with van der Waals surface area (Å²) in [5.74, 6) is -2.22. The van der Waals surface area contributed by atoms with Gasteiger partial charge < -0.3 is 10.1 Å². The molecule has 11 heteroatoms. The highest BCUT2D eigenvalue weighted by Crippen LogP contribution is 2.23. The summed E-state index contributed by atoms with van der Waals surface area (Å²) in [6, 6.07) is 8.32. The molecule has 0 spiro atoms. The van der Waals surface area contributed by atoms with E-state index in [-0.39, 0.29) is 28.3 Å². The van der Waals surface area contributed by atoms with Gasteiger partial charge in [0.2, 0.25) is 0 Å². The fourth-order valence-corrected chi connectivity index (χ4v) is 4.16. The second-order valence-electron chi connectivity index (χ2n) is 6.41. The summed E-state index contributed by atoms with van der Waals surface area (Å²) in [7, 11) is -4.12. The number of sulfonamides is 1. The number of ether oxygens (including phenoxy) is 1. The number of hydrogen-bond donors (Lipinski definition) is 2. The molecule has 2 N–H and O–H groups in total. The summed E-state index contributed by atoms with van der Waals surface area (Å²) in [5.41, 5.74) is -0.00542. The monoisotopic (exact) mass is 435 g/mol. The number of urea groups is 1. The summed E-state index contributed by atoms with van der Waals surface area (Å²) >= 11 is 0. The van der Waals surface area contributed by atoms with Gasteiger partial charge in [0.25, 0.3) is 15.9 Å². The molecule has 3 amide bonds. The van der Waals surface area contributed by atoms with Crippen molar-refractivity contribution in [1.82, 2.24) is 10.2 Å². The SMILES string of the molecule is Cc1cc(F)ccc1S(=O)(=O)Nc1ccccc1C(=O)OCC(=O)N1CCNC1=O. The number of para-hydroxylation sites is 1. The summed E-state index contributed by atoms with van der Waals surface area (Å²) in [6.07, 6.45) is 0. The predicted octanol–water partition coefficient (Wildman–Crippen LogP) is 1.64. The second-order valence-corrected chi connectivity index (χ2v) is 8.07. The van der Waals surface area contributed by atoms with Gasteiger partial charge in [0.05, 0.1) is 16.1 Å². The quantitative estimate of drug-likeness (QED) is 0.666. The third-order valence-corrected chi connectivity index (χ3v) is 5.83. The molecule has 0 atom stereocenters. The first-order valence-corrected chi connectivity index (χ1v) is 10.3. The highest BCUT2D eigenvalue weighted by Gasteiger charge is 2.27. The topological polar surface area (TPSA) is 122 Å². The van der Waals surface area contributed by atoms with Gasteiger partial charge in [-0.25, -0.2) is 22.4 Å². The average molecular weight is 435 g/mol. The van der Waals surface area contributed by atoms with E-state index >= 15 is 0 Å². The van der Waals surface area contributed by atoms with Crippen LogP contribution in [0.5, 0.6) is 0 Å². The van der Waals surface area contributed by atoms with Gasteiger partial charge in [-0.05, 0) is 42.8 Å². The first-order valence-electron chi connectivity index (χ1n) is 8.82. The maximum atomic E-state index is 13.3. The van der Waals surface area contributed by atoms with Crippen molar-refractivity contribution in [1.29, 1.82) is 0 Å². The van der Waals surface area contributed by atoms with Crippen molar-refractivity contribution >= 4 is 33.6 Å². The summed E-state index contributed by atoms with van der Waals surface area (Å²) in [6.45, 7) is 1.25. The van der Waals surface area contributed by atoms with Crippen LogP contribution in [0.2, 0.25) is 0 Å². The predicted molar refractivity (Wildman–Crippen MR) is 104 cm³/mol. The van der Waals surface area contributed by atoms with Crippen LogP contribution in [-0.2, 0) is 19.6 Å². The summed E-state index contributed by atoms with van der Waals surface area (Å²) in [5, 5.41) is 2.45. The van der Waals surface area contributed by atoms with Crippen molar-refractivity contribution in [2.45, 2.75) is 11.8 Å². The number of hydrogen-bond acceptors (Lipinski definition) is 6. The van der Waals surface area contributed by atoms with Crippen molar-refractivity contribution in [3.63, 3.8) is 0 Å². The van der Waals surface area contributed by atoms with E-state index < -0.39 is 40.4 Å². The molecule has 1 saturated heterocycles. The van der Waals surface area contributed by atoms with Gasteiger partial charge in [0.1, 0.15) is 5.82 Å². The Labute approximate surface area is 171 Å². The van der Waals surface area contributed by atoms with Crippen LogP contribution in [0, 0.1) is 12.7 Å². The Morgan fingerprint density at radius 1 is 1.23 bits per heavy atom. The lowest BCUT2D eigenvalue weighted by Gasteiger charge is -2.15. The fraction of sp³-hybridized carbons (Fsp3) is 0.211. The lowest BCUT2D eigenvalue weighted by molar-refractivity contribution is -0.130. The molecule has 2 aromatic rings. The van der Waals surface area contributed by atoms with E-state index in [1.165, 1.54) is 31.2 Å². The Kier molecular flexibility index (Phi) is 6.01. The van der Waals surface area contributed by atoms with E-state index in [9.17, 15) is 27.2 Å². The minimum absolute atomic E-state index is 0.0717. The molecule has 0 aliphatic carbocycles. The van der Waals surface area contributed by atoms with Crippen molar-refractivity contribution in [3.05, 3.63) is 59.4 Å². The molecule has 0 unspecified atom stereocenters. The zero-order valence-electron chi connectivity index (χ0n) is 15.8. The van der Waals surface area contributed by atoms with E-state index in [1.807, 2.05) is 0 Å². The summed E-state index contributed by atoms with van der Waals surface area (Å²) in [4.78, 5) is 36.7. The molecule has 9 nitrogen and oxygen atoms in total. The molecular formula is C19H18FN3O6S. The number of imide groups is 1. The standard InChI is InChI=1S/C19H18FN3O6S/c1-12-10-13(20)6-7-16(12)30(27,28)22-15-5-3-2-4-14(15)18(25)29-11-17(24)23-9-8-21-19(23)26/h2-7,10,22H,8-9,11H2,1H3,(H,21,26). The number of carbonyl (C=O) groups excluding carboxylic acids is 3. The highest BCUT2D eigenvalue weighted by atomic mass is 32.2. The molecule has 1 heterocycles. The zero-order chi connectivity index (χ0) is 21.9. The molecule has 0 aromatic heterocycles. The van der Waals surface area contributed by atoms with Gasteiger partial charge in [-0.2, -0.15) is 0 Å². The van der Waals surface area contributed by atoms with Crippen LogP contribution in [0.1, 0.15) is 15.9 Å². The van der Waals surface area contributed by atoms with Crippen LogP contribution in [0.4, 0.5) is 14.9 Å². The number of anilines is 1. The number of benzene rings is 2. The molecular weight excluding hydrogens is 417 g/mol. The molecule has 3 rings (SSSR count). The first-order chi connectivity index (χ1) is 14.2. The van der Waals surface area contributed by atoms with Gasteiger partial charge in [-0.3, -0.25) is 14.4 Å². The Morgan fingerprint density at radius 3 is 2.63 bits per heavy atom. The number of esters is 1. The van der Waals surface area contributed by atoms with Crippen LogP contribution in [0.15, 0.2) is 47.4 Å². The largest absolute Gasteiger partial charge is 0.452 e. The molecule has 158 valence electrons. The van der Waals surface area contributed by atoms with Crippen LogP contribution in [0.25, 0.3) is 0 Å². The van der Waals surface area contributed by atoms with Crippen LogP contribution in [-0.4, -0.2) is 50.9 Å². The summed E-state index contributed by atoms with van der Waals surface area (Å²) < 4.78 is 45.9. The fourth-order valence-electron chi connectivity index (χ4n) is 2.86. The Hall–Kier alpha value is -3.47. The minimum atomic E-state index is -4.12. The van der Waals surface area contributed by atoms with Gasteiger partial charge in [-0.15, -0.1) is 0 Å². The van der Waals surface area contributed by atoms with Crippen LogP contribution in [0.3, 0.4) is 0 Å². The first kappa shape index (κ1) is 21.2. The van der Waals surface area contributed by atoms with Gasteiger partial charge in [0.15, 0.2) is 6.61 Å².